The highest BCUT2D eigenvalue weighted by atomic mass is 32.1. The third kappa shape index (κ3) is 4.53. The molecular formula is C27H26N6O3S2. The SMILES string of the molecule is Nc1nc2ccc(CNC(=O)c3cccn4c(C(=O)N5CCC(CO)CC5)c(-c5ccsc5)nc34)cc2s1. The number of fused-ring (bicyclic) bond motifs is 2. The lowest BCUT2D eigenvalue weighted by Crippen LogP contribution is -2.39. The average Bonchev–Trinajstić information content (AvgIpc) is 3.68. The highest BCUT2D eigenvalue weighted by molar-refractivity contribution is 7.22. The van der Waals surface area contributed by atoms with E-state index in [1.54, 1.807) is 22.7 Å². The van der Waals surface area contributed by atoms with Crippen molar-refractivity contribution in [2.24, 2.45) is 5.92 Å². The number of nitrogens with one attached hydrogen (secondary N) is 1. The van der Waals surface area contributed by atoms with Crippen molar-refractivity contribution in [2.45, 2.75) is 19.4 Å². The molecule has 0 bridgehead atoms. The lowest BCUT2D eigenvalue weighted by Gasteiger charge is -2.31. The molecule has 38 heavy (non-hydrogen) atoms. The number of nitrogen functional groups attached to an aromatic ring is 1. The van der Waals surface area contributed by atoms with Gasteiger partial charge in [-0.2, -0.15) is 11.3 Å². The smallest absolute Gasteiger partial charge is 0.273 e. The van der Waals surface area contributed by atoms with Gasteiger partial charge in [0.25, 0.3) is 11.8 Å². The van der Waals surface area contributed by atoms with Gasteiger partial charge in [0.2, 0.25) is 0 Å². The maximum absolute atomic E-state index is 13.8. The van der Waals surface area contributed by atoms with Gasteiger partial charge in [0, 0.05) is 43.4 Å². The molecule has 194 valence electrons. The number of aromatic nitrogens is 3. The molecular weight excluding hydrogens is 520 g/mol. The second-order valence-corrected chi connectivity index (χ2v) is 11.2. The van der Waals surface area contributed by atoms with Crippen LogP contribution in [0.15, 0.2) is 53.4 Å². The van der Waals surface area contributed by atoms with E-state index in [-0.39, 0.29) is 24.3 Å². The maximum Gasteiger partial charge on any atom is 0.273 e. The number of carbonyl (C=O) groups is 2. The minimum absolute atomic E-state index is 0.121. The van der Waals surface area contributed by atoms with Gasteiger partial charge in [-0.15, -0.1) is 0 Å². The molecule has 0 spiro atoms. The van der Waals surface area contributed by atoms with Gasteiger partial charge in [0.15, 0.2) is 10.8 Å². The number of thiophene rings is 1. The summed E-state index contributed by atoms with van der Waals surface area (Å²) in [4.78, 5) is 38.0. The Hall–Kier alpha value is -3.80. The fraction of sp³-hybridized carbons (Fsp3) is 0.259. The van der Waals surface area contributed by atoms with Crippen molar-refractivity contribution < 1.29 is 14.7 Å². The molecule has 4 aromatic heterocycles. The molecule has 2 amide bonds. The number of rotatable bonds is 6. The van der Waals surface area contributed by atoms with Crippen molar-refractivity contribution >= 4 is 55.5 Å². The van der Waals surface area contributed by atoms with E-state index in [0.717, 1.165) is 34.2 Å². The fourth-order valence-electron chi connectivity index (χ4n) is 4.89. The van der Waals surface area contributed by atoms with Crippen LogP contribution in [0.2, 0.25) is 0 Å². The van der Waals surface area contributed by atoms with E-state index in [1.165, 1.54) is 22.7 Å². The molecule has 1 saturated heterocycles. The average molecular weight is 547 g/mol. The first-order valence-electron chi connectivity index (χ1n) is 12.4. The zero-order valence-electron chi connectivity index (χ0n) is 20.5. The number of aliphatic hydroxyl groups is 1. The van der Waals surface area contributed by atoms with Gasteiger partial charge in [-0.05, 0) is 60.0 Å². The van der Waals surface area contributed by atoms with E-state index in [4.69, 9.17) is 10.7 Å². The Morgan fingerprint density at radius 1 is 1.16 bits per heavy atom. The number of thiazole rings is 1. The van der Waals surface area contributed by atoms with E-state index in [9.17, 15) is 14.7 Å². The molecule has 5 aromatic rings. The van der Waals surface area contributed by atoms with Gasteiger partial charge >= 0.3 is 0 Å². The number of benzene rings is 1. The van der Waals surface area contributed by atoms with Crippen LogP contribution in [-0.2, 0) is 6.54 Å². The zero-order valence-corrected chi connectivity index (χ0v) is 22.1. The summed E-state index contributed by atoms with van der Waals surface area (Å²) >= 11 is 2.94. The number of pyridine rings is 1. The normalized spacial score (nSPS) is 14.4. The Bertz CT molecular complexity index is 1630. The molecule has 1 fully saturated rings. The molecule has 0 unspecified atom stereocenters. The predicted octanol–water partition coefficient (Wildman–Crippen LogP) is 4.03. The molecule has 5 heterocycles. The monoisotopic (exact) mass is 546 g/mol. The lowest BCUT2D eigenvalue weighted by atomic mass is 9.97. The minimum Gasteiger partial charge on any atom is -0.396 e. The third-order valence-corrected chi connectivity index (χ3v) is 8.50. The van der Waals surface area contributed by atoms with Crippen LogP contribution in [0.5, 0.6) is 0 Å². The predicted molar refractivity (Wildman–Crippen MR) is 149 cm³/mol. The summed E-state index contributed by atoms with van der Waals surface area (Å²) < 4.78 is 2.70. The van der Waals surface area contributed by atoms with Crippen molar-refractivity contribution in [2.75, 3.05) is 25.4 Å². The van der Waals surface area contributed by atoms with Crippen LogP contribution in [-0.4, -0.2) is 55.9 Å². The van der Waals surface area contributed by atoms with Gasteiger partial charge in [0.1, 0.15) is 11.4 Å². The van der Waals surface area contributed by atoms with Crippen molar-refractivity contribution in [1.29, 1.82) is 0 Å². The molecule has 11 heteroatoms. The third-order valence-electron chi connectivity index (χ3n) is 6.97. The fourth-order valence-corrected chi connectivity index (χ4v) is 6.33. The van der Waals surface area contributed by atoms with E-state index < -0.39 is 0 Å². The summed E-state index contributed by atoms with van der Waals surface area (Å²) in [5.74, 6) is -0.170. The van der Waals surface area contributed by atoms with E-state index in [1.807, 2.05) is 39.9 Å². The van der Waals surface area contributed by atoms with Gasteiger partial charge in [0.05, 0.1) is 15.8 Å². The summed E-state index contributed by atoms with van der Waals surface area (Å²) in [5, 5.41) is 16.9. The molecule has 1 aromatic carbocycles. The van der Waals surface area contributed by atoms with Crippen LogP contribution >= 0.6 is 22.7 Å². The Kier molecular flexibility index (Phi) is 6.56. The van der Waals surface area contributed by atoms with Crippen molar-refractivity contribution in [3.8, 4) is 11.3 Å². The molecule has 0 saturated carbocycles. The van der Waals surface area contributed by atoms with Crippen molar-refractivity contribution in [1.82, 2.24) is 24.6 Å². The highest BCUT2D eigenvalue weighted by Crippen LogP contribution is 2.30. The summed E-state index contributed by atoms with van der Waals surface area (Å²) in [7, 11) is 0. The molecule has 0 atom stereocenters. The standard InChI is InChI=1S/C27H26N6O3S2/c28-27-30-20-4-3-17(12-21(20)38-27)13-29-25(35)19-2-1-8-33-23(22(31-24(19)33)18-7-11-37-15-18)26(36)32-9-5-16(14-34)6-10-32/h1-4,7-8,11-12,15-16,34H,5-6,9-10,13-14H2,(H2,28,30)(H,29,35). The molecule has 1 aliphatic heterocycles. The van der Waals surface area contributed by atoms with Crippen LogP contribution in [0.4, 0.5) is 5.13 Å². The zero-order chi connectivity index (χ0) is 26.2. The Labute approximate surface area is 226 Å². The number of nitrogens with two attached hydrogens (primary N) is 1. The van der Waals surface area contributed by atoms with Crippen LogP contribution in [0.3, 0.4) is 0 Å². The first-order valence-corrected chi connectivity index (χ1v) is 14.1. The van der Waals surface area contributed by atoms with Crippen LogP contribution in [0.1, 0.15) is 39.3 Å². The largest absolute Gasteiger partial charge is 0.396 e. The van der Waals surface area contributed by atoms with Gasteiger partial charge in [-0.25, -0.2) is 9.97 Å². The number of hydrogen-bond acceptors (Lipinski definition) is 8. The van der Waals surface area contributed by atoms with Crippen LogP contribution < -0.4 is 11.1 Å². The van der Waals surface area contributed by atoms with Crippen LogP contribution in [0.25, 0.3) is 27.1 Å². The number of carbonyl (C=O) groups excluding carboxylic acids is 2. The van der Waals surface area contributed by atoms with Gasteiger partial charge in [-0.3, -0.25) is 14.0 Å². The number of piperidine rings is 1. The number of anilines is 1. The Morgan fingerprint density at radius 2 is 2.00 bits per heavy atom. The number of aliphatic hydroxyl groups excluding tert-OH is 1. The number of amides is 2. The quantitative estimate of drug-likeness (QED) is 0.295. The van der Waals surface area contributed by atoms with Gasteiger partial charge < -0.3 is 21.1 Å². The Morgan fingerprint density at radius 3 is 2.76 bits per heavy atom. The molecule has 4 N–H and O–H groups in total. The van der Waals surface area contributed by atoms with E-state index in [0.29, 0.717) is 47.4 Å². The topological polar surface area (TPSA) is 126 Å². The number of likely N-dealkylation sites (tertiary alicyclic amines) is 1. The van der Waals surface area contributed by atoms with Crippen molar-refractivity contribution in [3.05, 3.63) is 70.2 Å². The number of nitrogens with zero attached hydrogens (tertiary/aromatic N) is 4. The summed E-state index contributed by atoms with van der Waals surface area (Å²) in [5.41, 5.74) is 10.3. The maximum atomic E-state index is 13.8. The first kappa shape index (κ1) is 24.5. The lowest BCUT2D eigenvalue weighted by molar-refractivity contribution is 0.0644. The van der Waals surface area contributed by atoms with Crippen LogP contribution in [0, 0.1) is 5.92 Å². The van der Waals surface area contributed by atoms with E-state index >= 15 is 0 Å². The minimum atomic E-state index is -0.274. The second-order valence-electron chi connectivity index (χ2n) is 9.39. The van der Waals surface area contributed by atoms with E-state index in [2.05, 4.69) is 10.3 Å². The Balaban J connectivity index is 1.32. The summed E-state index contributed by atoms with van der Waals surface area (Å²) in [6.45, 7) is 1.63. The molecule has 9 nitrogen and oxygen atoms in total. The molecule has 1 aliphatic rings. The molecule has 0 radical (unpaired) electrons. The highest BCUT2D eigenvalue weighted by Gasteiger charge is 2.29. The molecule has 0 aliphatic carbocycles. The van der Waals surface area contributed by atoms with Gasteiger partial charge in [-0.1, -0.05) is 17.4 Å². The second kappa shape index (κ2) is 10.2. The summed E-state index contributed by atoms with van der Waals surface area (Å²) in [6, 6.07) is 11.2. The number of imidazole rings is 1. The summed E-state index contributed by atoms with van der Waals surface area (Å²) in [6.07, 6.45) is 3.31. The molecule has 6 rings (SSSR count). The number of hydrogen-bond donors (Lipinski definition) is 3. The van der Waals surface area contributed by atoms with Crippen molar-refractivity contribution in [3.63, 3.8) is 0 Å². The first-order chi connectivity index (χ1) is 18.5.